The fourth-order valence-electron chi connectivity index (χ4n) is 1.19. The fraction of sp³-hybridized carbons (Fsp3) is 0.222. The predicted molar refractivity (Wildman–Crippen MR) is 75.4 cm³/mol. The van der Waals surface area contributed by atoms with E-state index >= 15 is 0 Å². The first kappa shape index (κ1) is 18.2. The van der Waals surface area contributed by atoms with Gasteiger partial charge < -0.3 is 5.11 Å². The van der Waals surface area contributed by atoms with Gasteiger partial charge in [0.1, 0.15) is 6.54 Å². The first-order chi connectivity index (χ1) is 9.41. The summed E-state index contributed by atoms with van der Waals surface area (Å²) in [6.07, 6.45) is -4.73. The van der Waals surface area contributed by atoms with E-state index in [2.05, 4.69) is 31.9 Å². The van der Waals surface area contributed by atoms with E-state index in [4.69, 9.17) is 5.11 Å². The number of rotatable bonds is 5. The Hall–Kier alpha value is -0.850. The zero-order valence-electron chi connectivity index (χ0n) is 9.83. The standard InChI is InChI=1S/C9H7Br2F3N2O4S/c10-4-1-5(8(17)18)7(6(11)2-4)16-21(19,20)15-3-9(12,13)14/h1-2,15-16H,3H2,(H,17,18). The third kappa shape index (κ3) is 5.80. The molecule has 0 aliphatic rings. The quantitative estimate of drug-likeness (QED) is 0.636. The van der Waals surface area contributed by atoms with Crippen molar-refractivity contribution in [3.63, 3.8) is 0 Å². The van der Waals surface area contributed by atoms with Crippen LogP contribution in [-0.2, 0) is 10.2 Å². The highest BCUT2D eigenvalue weighted by Crippen LogP contribution is 2.31. The summed E-state index contributed by atoms with van der Waals surface area (Å²) in [6, 6.07) is 2.45. The van der Waals surface area contributed by atoms with Crippen molar-refractivity contribution in [1.82, 2.24) is 4.72 Å². The Labute approximate surface area is 134 Å². The first-order valence-corrected chi connectivity index (χ1v) is 8.05. The maximum Gasteiger partial charge on any atom is 0.402 e. The number of hydrogen-bond donors (Lipinski definition) is 3. The molecule has 1 aromatic rings. The zero-order valence-corrected chi connectivity index (χ0v) is 13.8. The maximum atomic E-state index is 12.0. The van der Waals surface area contributed by atoms with Gasteiger partial charge in [0.05, 0.1) is 11.3 Å². The monoisotopic (exact) mass is 454 g/mol. The zero-order chi connectivity index (χ0) is 16.4. The summed E-state index contributed by atoms with van der Waals surface area (Å²) in [4.78, 5) is 11.1. The van der Waals surface area contributed by atoms with E-state index in [1.807, 2.05) is 0 Å². The van der Waals surface area contributed by atoms with Crippen molar-refractivity contribution in [1.29, 1.82) is 0 Å². The number of benzene rings is 1. The van der Waals surface area contributed by atoms with Gasteiger partial charge in [0.25, 0.3) is 10.2 Å². The number of anilines is 1. The highest BCUT2D eigenvalue weighted by Gasteiger charge is 2.30. The molecule has 0 atom stereocenters. The van der Waals surface area contributed by atoms with E-state index in [0.29, 0.717) is 4.47 Å². The van der Waals surface area contributed by atoms with Crippen LogP contribution in [-0.4, -0.2) is 32.2 Å². The summed E-state index contributed by atoms with van der Waals surface area (Å²) in [6.45, 7) is -1.78. The number of halogens is 5. The van der Waals surface area contributed by atoms with Gasteiger partial charge in [-0.15, -0.1) is 0 Å². The average Bonchev–Trinajstić information content (AvgIpc) is 2.29. The van der Waals surface area contributed by atoms with Crippen molar-refractivity contribution < 1.29 is 31.5 Å². The highest BCUT2D eigenvalue weighted by molar-refractivity contribution is 9.11. The highest BCUT2D eigenvalue weighted by atomic mass is 79.9. The van der Waals surface area contributed by atoms with Gasteiger partial charge in [-0.3, -0.25) is 4.72 Å². The van der Waals surface area contributed by atoms with Crippen LogP contribution in [0.3, 0.4) is 0 Å². The summed E-state index contributed by atoms with van der Waals surface area (Å²) in [5.74, 6) is -1.45. The second-order valence-electron chi connectivity index (χ2n) is 3.66. The number of carboxylic acids is 1. The maximum absolute atomic E-state index is 12.0. The molecule has 21 heavy (non-hydrogen) atoms. The Morgan fingerprint density at radius 1 is 1.29 bits per heavy atom. The molecule has 12 heteroatoms. The molecule has 0 aliphatic carbocycles. The summed E-state index contributed by atoms with van der Waals surface area (Å²) in [7, 11) is -4.59. The minimum absolute atomic E-state index is 0.0478. The van der Waals surface area contributed by atoms with Gasteiger partial charge in [-0.05, 0) is 28.1 Å². The van der Waals surface area contributed by atoms with Gasteiger partial charge in [-0.25, -0.2) is 4.79 Å². The molecule has 6 nitrogen and oxygen atoms in total. The lowest BCUT2D eigenvalue weighted by Gasteiger charge is -2.14. The van der Waals surface area contributed by atoms with E-state index in [0.717, 1.165) is 6.07 Å². The molecule has 0 spiro atoms. The molecule has 118 valence electrons. The Morgan fingerprint density at radius 2 is 1.86 bits per heavy atom. The van der Waals surface area contributed by atoms with E-state index in [1.54, 1.807) is 4.72 Å². The van der Waals surface area contributed by atoms with E-state index in [9.17, 15) is 26.4 Å². The minimum atomic E-state index is -4.73. The molecule has 3 N–H and O–H groups in total. The molecule has 0 radical (unpaired) electrons. The Balaban J connectivity index is 3.10. The molecule has 0 bridgehead atoms. The van der Waals surface area contributed by atoms with E-state index in [-0.39, 0.29) is 10.2 Å². The molecular formula is C9H7Br2F3N2O4S. The van der Waals surface area contributed by atoms with Crippen LogP contribution in [0, 0.1) is 0 Å². The second kappa shape index (κ2) is 6.50. The van der Waals surface area contributed by atoms with Crippen LogP contribution < -0.4 is 9.44 Å². The summed E-state index contributed by atoms with van der Waals surface area (Å²) < 4.78 is 62.4. The molecule has 0 aliphatic heterocycles. The predicted octanol–water partition coefficient (Wildman–Crippen LogP) is 2.72. The largest absolute Gasteiger partial charge is 0.478 e. The number of carbonyl (C=O) groups is 1. The molecule has 1 aromatic carbocycles. The van der Waals surface area contributed by atoms with Crippen molar-refractivity contribution >= 4 is 53.7 Å². The van der Waals surface area contributed by atoms with Crippen molar-refractivity contribution in [2.45, 2.75) is 6.18 Å². The van der Waals surface area contributed by atoms with Crippen molar-refractivity contribution in [3.8, 4) is 0 Å². The van der Waals surface area contributed by atoms with Crippen molar-refractivity contribution in [3.05, 3.63) is 26.6 Å². The van der Waals surface area contributed by atoms with Crippen LogP contribution in [0.1, 0.15) is 10.4 Å². The third-order valence-corrected chi connectivity index (χ3v) is 4.06. The lowest BCUT2D eigenvalue weighted by Crippen LogP contribution is -2.37. The smallest absolute Gasteiger partial charge is 0.402 e. The molecule has 0 unspecified atom stereocenters. The third-order valence-electron chi connectivity index (χ3n) is 1.98. The van der Waals surface area contributed by atoms with Crippen molar-refractivity contribution in [2.24, 2.45) is 0 Å². The number of alkyl halides is 3. The topological polar surface area (TPSA) is 95.5 Å². The Morgan fingerprint density at radius 3 is 2.33 bits per heavy atom. The van der Waals surface area contributed by atoms with Gasteiger partial charge >= 0.3 is 12.1 Å². The number of hydrogen-bond acceptors (Lipinski definition) is 3. The van der Waals surface area contributed by atoms with Gasteiger partial charge in [-0.2, -0.15) is 26.3 Å². The molecular weight excluding hydrogens is 449 g/mol. The van der Waals surface area contributed by atoms with Gasteiger partial charge in [0.15, 0.2) is 0 Å². The van der Waals surface area contributed by atoms with Crippen LogP contribution in [0.25, 0.3) is 0 Å². The Bertz CT molecular complexity index is 664. The molecule has 0 fully saturated rings. The lowest BCUT2D eigenvalue weighted by atomic mass is 10.2. The number of nitrogens with one attached hydrogen (secondary N) is 2. The summed E-state index contributed by atoms with van der Waals surface area (Å²) in [5.41, 5.74) is -0.825. The van der Waals surface area contributed by atoms with Gasteiger partial charge in [-0.1, -0.05) is 15.9 Å². The number of carboxylic acid groups (broad SMARTS) is 1. The summed E-state index contributed by atoms with van der Waals surface area (Å²) >= 11 is 5.96. The normalized spacial score (nSPS) is 12.2. The average molecular weight is 456 g/mol. The van der Waals surface area contributed by atoms with Crippen LogP contribution in [0.5, 0.6) is 0 Å². The fourth-order valence-corrected chi connectivity index (χ4v) is 3.56. The minimum Gasteiger partial charge on any atom is -0.478 e. The number of aromatic carboxylic acids is 1. The van der Waals surface area contributed by atoms with E-state index in [1.165, 1.54) is 10.8 Å². The molecule has 0 heterocycles. The molecule has 0 saturated heterocycles. The van der Waals surface area contributed by atoms with E-state index < -0.39 is 34.5 Å². The van der Waals surface area contributed by atoms with Crippen molar-refractivity contribution in [2.75, 3.05) is 11.3 Å². The molecule has 0 saturated carbocycles. The molecule has 0 amide bonds. The summed E-state index contributed by atoms with van der Waals surface area (Å²) in [5, 5.41) is 8.99. The van der Waals surface area contributed by atoms with Crippen LogP contribution in [0.15, 0.2) is 21.1 Å². The van der Waals surface area contributed by atoms with Gasteiger partial charge in [0, 0.05) is 8.95 Å². The molecule has 0 aromatic heterocycles. The van der Waals surface area contributed by atoms with Crippen LogP contribution in [0.4, 0.5) is 18.9 Å². The van der Waals surface area contributed by atoms with Gasteiger partial charge in [0.2, 0.25) is 0 Å². The molecule has 1 rings (SSSR count). The first-order valence-electron chi connectivity index (χ1n) is 4.98. The lowest BCUT2D eigenvalue weighted by molar-refractivity contribution is -0.121. The second-order valence-corrected chi connectivity index (χ2v) is 6.93. The van der Waals surface area contributed by atoms with Crippen LogP contribution in [0.2, 0.25) is 0 Å². The SMILES string of the molecule is O=C(O)c1cc(Br)cc(Br)c1NS(=O)(=O)NCC(F)(F)F. The Kier molecular flexibility index (Phi) is 5.63. The van der Waals surface area contributed by atoms with Crippen LogP contribution >= 0.6 is 31.9 Å².